The van der Waals surface area contributed by atoms with Crippen LogP contribution < -0.4 is 5.32 Å². The summed E-state index contributed by atoms with van der Waals surface area (Å²) in [7, 11) is 0. The van der Waals surface area contributed by atoms with E-state index >= 15 is 0 Å². The summed E-state index contributed by atoms with van der Waals surface area (Å²) in [5.74, 6) is -1.94. The SMILES string of the molecule is O=C(/C=C/c1ccc(O)cc1O)Nc1ccccc1C(=O)O. The third-order valence-electron chi connectivity index (χ3n) is 2.84. The van der Waals surface area contributed by atoms with Crippen molar-refractivity contribution in [3.63, 3.8) is 0 Å². The normalized spacial score (nSPS) is 10.5. The molecule has 0 unspecified atom stereocenters. The number of nitrogens with one attached hydrogen (secondary N) is 1. The van der Waals surface area contributed by atoms with Crippen LogP contribution in [-0.2, 0) is 4.79 Å². The summed E-state index contributed by atoms with van der Waals surface area (Å²) >= 11 is 0. The van der Waals surface area contributed by atoms with Gasteiger partial charge in [-0.3, -0.25) is 4.79 Å². The minimum absolute atomic E-state index is 0.0169. The molecule has 112 valence electrons. The van der Waals surface area contributed by atoms with Crippen molar-refractivity contribution in [1.82, 2.24) is 0 Å². The second kappa shape index (κ2) is 6.45. The van der Waals surface area contributed by atoms with Gasteiger partial charge in [0.2, 0.25) is 5.91 Å². The van der Waals surface area contributed by atoms with Crippen LogP contribution in [0.3, 0.4) is 0 Å². The van der Waals surface area contributed by atoms with Crippen LogP contribution in [0.25, 0.3) is 6.08 Å². The Morgan fingerprint density at radius 2 is 1.77 bits per heavy atom. The number of benzene rings is 2. The number of phenolic OH excluding ortho intramolecular Hbond substituents is 2. The first-order valence-corrected chi connectivity index (χ1v) is 6.31. The molecule has 2 rings (SSSR count). The van der Waals surface area contributed by atoms with Gasteiger partial charge >= 0.3 is 5.97 Å². The summed E-state index contributed by atoms with van der Waals surface area (Å²) in [6, 6.07) is 10.00. The van der Waals surface area contributed by atoms with Gasteiger partial charge in [-0.25, -0.2) is 4.79 Å². The lowest BCUT2D eigenvalue weighted by molar-refractivity contribution is -0.111. The Morgan fingerprint density at radius 3 is 2.45 bits per heavy atom. The molecular formula is C16H13NO5. The standard InChI is InChI=1S/C16H13NO5/c18-11-7-5-10(14(19)9-11)6-8-15(20)17-13-4-2-1-3-12(13)16(21)22/h1-9,18-19H,(H,17,20)(H,21,22)/b8-6+. The molecule has 0 aromatic heterocycles. The van der Waals surface area contributed by atoms with Crippen LogP contribution in [-0.4, -0.2) is 27.2 Å². The quantitative estimate of drug-likeness (QED) is 0.649. The summed E-state index contributed by atoms with van der Waals surface area (Å²) in [6.07, 6.45) is 2.51. The fourth-order valence-corrected chi connectivity index (χ4v) is 1.79. The fraction of sp³-hybridized carbons (Fsp3) is 0. The van der Waals surface area contributed by atoms with Gasteiger partial charge in [0.05, 0.1) is 11.3 Å². The summed E-state index contributed by atoms with van der Waals surface area (Å²) < 4.78 is 0. The highest BCUT2D eigenvalue weighted by atomic mass is 16.4. The van der Waals surface area contributed by atoms with Gasteiger partial charge in [0.1, 0.15) is 11.5 Å². The monoisotopic (exact) mass is 299 g/mol. The predicted octanol–water partition coefficient (Wildman–Crippen LogP) is 2.45. The molecule has 0 saturated carbocycles. The number of hydrogen-bond donors (Lipinski definition) is 4. The number of carboxylic acid groups (broad SMARTS) is 1. The number of anilines is 1. The molecule has 1 amide bonds. The second-order valence-corrected chi connectivity index (χ2v) is 4.42. The van der Waals surface area contributed by atoms with Crippen molar-refractivity contribution < 1.29 is 24.9 Å². The zero-order valence-electron chi connectivity index (χ0n) is 11.4. The average Bonchev–Trinajstić information content (AvgIpc) is 2.46. The Labute approximate surface area is 126 Å². The smallest absolute Gasteiger partial charge is 0.337 e. The van der Waals surface area contributed by atoms with E-state index in [-0.39, 0.29) is 22.7 Å². The molecule has 6 nitrogen and oxygen atoms in total. The van der Waals surface area contributed by atoms with Crippen molar-refractivity contribution in [3.05, 3.63) is 59.7 Å². The Kier molecular flexibility index (Phi) is 4.43. The first-order valence-electron chi connectivity index (χ1n) is 6.31. The van der Waals surface area contributed by atoms with Crippen molar-refractivity contribution >= 4 is 23.6 Å². The summed E-state index contributed by atoms with van der Waals surface area (Å²) in [5.41, 5.74) is 0.510. The third kappa shape index (κ3) is 3.63. The van der Waals surface area contributed by atoms with Gasteiger partial charge in [0, 0.05) is 17.7 Å². The highest BCUT2D eigenvalue weighted by Crippen LogP contribution is 2.23. The predicted molar refractivity (Wildman–Crippen MR) is 80.8 cm³/mol. The molecule has 22 heavy (non-hydrogen) atoms. The second-order valence-electron chi connectivity index (χ2n) is 4.42. The van der Waals surface area contributed by atoms with Crippen LogP contribution in [0.2, 0.25) is 0 Å². The maximum Gasteiger partial charge on any atom is 0.337 e. The van der Waals surface area contributed by atoms with E-state index in [0.717, 1.165) is 12.1 Å². The average molecular weight is 299 g/mol. The molecule has 4 N–H and O–H groups in total. The van der Waals surface area contributed by atoms with Crippen molar-refractivity contribution in [2.24, 2.45) is 0 Å². The highest BCUT2D eigenvalue weighted by molar-refractivity contribution is 6.06. The zero-order chi connectivity index (χ0) is 16.1. The van der Waals surface area contributed by atoms with E-state index in [0.29, 0.717) is 5.56 Å². The number of carbonyl (C=O) groups excluding carboxylic acids is 1. The summed E-state index contributed by atoms with van der Waals surface area (Å²) in [5, 5.41) is 30.2. The molecule has 0 radical (unpaired) electrons. The molecule has 0 spiro atoms. The molecule has 0 fully saturated rings. The van der Waals surface area contributed by atoms with Crippen LogP contribution in [0.15, 0.2) is 48.5 Å². The van der Waals surface area contributed by atoms with Gasteiger partial charge in [-0.15, -0.1) is 0 Å². The lowest BCUT2D eigenvalue weighted by Crippen LogP contribution is -2.11. The number of carbonyl (C=O) groups is 2. The van der Waals surface area contributed by atoms with E-state index in [2.05, 4.69) is 5.32 Å². The van der Waals surface area contributed by atoms with Crippen LogP contribution >= 0.6 is 0 Å². The Bertz CT molecular complexity index is 752. The number of carboxylic acids is 1. The molecule has 0 bridgehead atoms. The fourth-order valence-electron chi connectivity index (χ4n) is 1.79. The van der Waals surface area contributed by atoms with E-state index in [1.165, 1.54) is 30.3 Å². The number of amides is 1. The van der Waals surface area contributed by atoms with Gasteiger partial charge in [-0.1, -0.05) is 12.1 Å². The Hall–Kier alpha value is -3.28. The molecule has 0 saturated heterocycles. The number of rotatable bonds is 4. The maximum atomic E-state index is 11.8. The Morgan fingerprint density at radius 1 is 1.05 bits per heavy atom. The maximum absolute atomic E-state index is 11.8. The van der Waals surface area contributed by atoms with E-state index in [9.17, 15) is 19.8 Å². The molecule has 2 aromatic rings. The Balaban J connectivity index is 2.13. The van der Waals surface area contributed by atoms with E-state index < -0.39 is 11.9 Å². The van der Waals surface area contributed by atoms with Crippen LogP contribution in [0.5, 0.6) is 11.5 Å². The van der Waals surface area contributed by atoms with Gasteiger partial charge in [0.25, 0.3) is 0 Å². The highest BCUT2D eigenvalue weighted by Gasteiger charge is 2.10. The number of aromatic carboxylic acids is 1. The van der Waals surface area contributed by atoms with E-state index in [4.69, 9.17) is 5.11 Å². The van der Waals surface area contributed by atoms with Crippen LogP contribution in [0, 0.1) is 0 Å². The van der Waals surface area contributed by atoms with Gasteiger partial charge in [-0.05, 0) is 30.3 Å². The lowest BCUT2D eigenvalue weighted by atomic mass is 10.1. The van der Waals surface area contributed by atoms with Crippen LogP contribution in [0.1, 0.15) is 15.9 Å². The molecule has 0 heterocycles. The van der Waals surface area contributed by atoms with E-state index in [1.54, 1.807) is 12.1 Å². The summed E-state index contributed by atoms with van der Waals surface area (Å²) in [6.45, 7) is 0. The molecular weight excluding hydrogens is 286 g/mol. The number of phenols is 2. The first-order chi connectivity index (χ1) is 10.5. The van der Waals surface area contributed by atoms with Gasteiger partial charge in [-0.2, -0.15) is 0 Å². The molecule has 0 aliphatic rings. The number of hydrogen-bond acceptors (Lipinski definition) is 4. The van der Waals surface area contributed by atoms with E-state index in [1.807, 2.05) is 0 Å². The van der Waals surface area contributed by atoms with Crippen molar-refractivity contribution in [1.29, 1.82) is 0 Å². The molecule has 0 atom stereocenters. The number of aromatic hydroxyl groups is 2. The zero-order valence-corrected chi connectivity index (χ0v) is 11.4. The molecule has 6 heteroatoms. The third-order valence-corrected chi connectivity index (χ3v) is 2.84. The molecule has 0 aliphatic carbocycles. The van der Waals surface area contributed by atoms with Gasteiger partial charge in [0.15, 0.2) is 0 Å². The van der Waals surface area contributed by atoms with Crippen molar-refractivity contribution in [2.45, 2.75) is 0 Å². The van der Waals surface area contributed by atoms with Crippen molar-refractivity contribution in [3.8, 4) is 11.5 Å². The van der Waals surface area contributed by atoms with Crippen molar-refractivity contribution in [2.75, 3.05) is 5.32 Å². The molecule has 0 aliphatic heterocycles. The lowest BCUT2D eigenvalue weighted by Gasteiger charge is -2.06. The van der Waals surface area contributed by atoms with Gasteiger partial charge < -0.3 is 20.6 Å². The number of para-hydroxylation sites is 1. The minimum Gasteiger partial charge on any atom is -0.508 e. The largest absolute Gasteiger partial charge is 0.508 e. The summed E-state index contributed by atoms with van der Waals surface area (Å²) in [4.78, 5) is 22.9. The van der Waals surface area contributed by atoms with Crippen LogP contribution in [0.4, 0.5) is 5.69 Å². The first kappa shape index (κ1) is 15.1. The molecule has 2 aromatic carbocycles. The topological polar surface area (TPSA) is 107 Å². The minimum atomic E-state index is -1.14.